The predicted octanol–water partition coefficient (Wildman–Crippen LogP) is 4.73. The van der Waals surface area contributed by atoms with Crippen LogP contribution < -0.4 is 5.32 Å². The van der Waals surface area contributed by atoms with Crippen LogP contribution >= 0.6 is 11.6 Å². The Labute approximate surface area is 181 Å². The molecule has 0 aliphatic carbocycles. The lowest BCUT2D eigenvalue weighted by Crippen LogP contribution is -2.13. The molecule has 1 amide bonds. The summed E-state index contributed by atoms with van der Waals surface area (Å²) in [4.78, 5) is 35.0. The number of nitrogens with zero attached hydrogens (tertiary/aromatic N) is 2. The summed E-state index contributed by atoms with van der Waals surface area (Å²) in [7, 11) is 0. The first-order valence-corrected chi connectivity index (χ1v) is 9.43. The van der Waals surface area contributed by atoms with Gasteiger partial charge in [-0.2, -0.15) is 0 Å². The van der Waals surface area contributed by atoms with Crippen molar-refractivity contribution in [2.75, 3.05) is 11.9 Å². The molecule has 0 saturated heterocycles. The van der Waals surface area contributed by atoms with Crippen molar-refractivity contribution in [3.63, 3.8) is 0 Å². The molecule has 2 aromatic carbocycles. The van der Waals surface area contributed by atoms with Gasteiger partial charge in [-0.3, -0.25) is 20.2 Å². The minimum atomic E-state index is -0.705. The van der Waals surface area contributed by atoms with E-state index in [4.69, 9.17) is 20.9 Å². The van der Waals surface area contributed by atoms with Gasteiger partial charge in [0.1, 0.15) is 5.69 Å². The van der Waals surface area contributed by atoms with Gasteiger partial charge in [0.05, 0.1) is 11.5 Å². The van der Waals surface area contributed by atoms with Gasteiger partial charge >= 0.3 is 5.97 Å². The molecular formula is C21H16ClN3O6. The van der Waals surface area contributed by atoms with E-state index in [9.17, 15) is 19.7 Å². The van der Waals surface area contributed by atoms with Crippen LogP contribution in [-0.4, -0.2) is 28.6 Å². The summed E-state index contributed by atoms with van der Waals surface area (Å²) in [6.07, 6.45) is 2.65. The molecule has 0 spiro atoms. The Morgan fingerprint density at radius 3 is 2.48 bits per heavy atom. The van der Waals surface area contributed by atoms with E-state index in [2.05, 4.69) is 10.5 Å². The highest BCUT2D eigenvalue weighted by Gasteiger charge is 2.26. The maximum atomic E-state index is 12.5. The van der Waals surface area contributed by atoms with Gasteiger partial charge in [-0.15, -0.1) is 0 Å². The molecule has 1 N–H and O–H groups in total. The fourth-order valence-corrected chi connectivity index (χ4v) is 2.73. The first-order valence-electron chi connectivity index (χ1n) is 9.05. The number of nitrogens with one attached hydrogen (secondary N) is 1. The fraction of sp³-hybridized carbons (Fsp3) is 0.0952. The van der Waals surface area contributed by atoms with E-state index in [1.807, 2.05) is 0 Å². The van der Waals surface area contributed by atoms with Crippen molar-refractivity contribution < 1.29 is 23.8 Å². The van der Waals surface area contributed by atoms with Crippen LogP contribution in [0.3, 0.4) is 0 Å². The Kier molecular flexibility index (Phi) is 6.78. The molecule has 9 nitrogen and oxygen atoms in total. The van der Waals surface area contributed by atoms with Crippen LogP contribution in [0.1, 0.15) is 22.8 Å². The van der Waals surface area contributed by atoms with E-state index in [-0.39, 0.29) is 29.4 Å². The standard InChI is InChI=1S/C21H16ClN3O6/c1-2-30-21(27)18-19(14-6-8-15(22)9-7-14)24-31-20(18)23-17(26)12-5-13-3-10-16(11-4-13)25(28)29/h3-12H,2H2,1H3,(H,23,26)/b12-5+. The van der Waals surface area contributed by atoms with Crippen molar-refractivity contribution in [2.45, 2.75) is 6.92 Å². The lowest BCUT2D eigenvalue weighted by Gasteiger charge is -2.04. The Balaban J connectivity index is 1.82. The van der Waals surface area contributed by atoms with Crippen LogP contribution in [0.25, 0.3) is 17.3 Å². The Hall–Kier alpha value is -3.98. The molecule has 158 valence electrons. The van der Waals surface area contributed by atoms with Crippen LogP contribution in [0.5, 0.6) is 0 Å². The predicted molar refractivity (Wildman–Crippen MR) is 114 cm³/mol. The normalized spacial score (nSPS) is 10.8. The molecule has 0 radical (unpaired) electrons. The minimum absolute atomic E-state index is 0.0266. The van der Waals surface area contributed by atoms with Crippen molar-refractivity contribution >= 4 is 41.1 Å². The highest BCUT2D eigenvalue weighted by atomic mass is 35.5. The van der Waals surface area contributed by atoms with Crippen molar-refractivity contribution in [3.05, 3.63) is 80.9 Å². The lowest BCUT2D eigenvalue weighted by molar-refractivity contribution is -0.384. The molecule has 1 aromatic heterocycles. The molecule has 0 bridgehead atoms. The second kappa shape index (κ2) is 9.68. The third kappa shape index (κ3) is 5.34. The Morgan fingerprint density at radius 1 is 1.19 bits per heavy atom. The summed E-state index contributed by atoms with van der Waals surface area (Å²) < 4.78 is 10.3. The second-order valence-corrected chi connectivity index (χ2v) is 6.57. The summed E-state index contributed by atoms with van der Waals surface area (Å²) in [5.41, 5.74) is 1.24. The smallest absolute Gasteiger partial charge is 0.346 e. The number of carbonyl (C=O) groups excluding carboxylic acids is 2. The summed E-state index contributed by atoms with van der Waals surface area (Å²) in [5, 5.41) is 17.6. The highest BCUT2D eigenvalue weighted by Crippen LogP contribution is 2.30. The SMILES string of the molecule is CCOC(=O)c1c(-c2ccc(Cl)cc2)noc1NC(=O)/C=C/c1ccc([N+](=O)[O-])cc1. The number of rotatable bonds is 7. The number of carbonyl (C=O) groups is 2. The van der Waals surface area contributed by atoms with E-state index < -0.39 is 16.8 Å². The number of hydrogen-bond acceptors (Lipinski definition) is 7. The van der Waals surface area contributed by atoms with Gasteiger partial charge in [0, 0.05) is 28.8 Å². The van der Waals surface area contributed by atoms with E-state index >= 15 is 0 Å². The van der Waals surface area contributed by atoms with Crippen molar-refractivity contribution in [1.29, 1.82) is 0 Å². The van der Waals surface area contributed by atoms with Gasteiger partial charge in [0.2, 0.25) is 5.88 Å². The summed E-state index contributed by atoms with van der Waals surface area (Å²) >= 11 is 5.90. The maximum Gasteiger partial charge on any atom is 0.346 e. The molecule has 0 unspecified atom stereocenters. The van der Waals surface area contributed by atoms with Crippen LogP contribution in [0, 0.1) is 10.1 Å². The quantitative estimate of drug-likeness (QED) is 0.243. The van der Waals surface area contributed by atoms with Gasteiger partial charge in [-0.25, -0.2) is 4.79 Å². The van der Waals surface area contributed by atoms with Crippen molar-refractivity contribution in [1.82, 2.24) is 5.16 Å². The van der Waals surface area contributed by atoms with Crippen LogP contribution in [0.15, 0.2) is 59.1 Å². The van der Waals surface area contributed by atoms with Crippen LogP contribution in [0.4, 0.5) is 11.6 Å². The number of nitro groups is 1. The Bertz CT molecular complexity index is 1140. The number of hydrogen-bond donors (Lipinski definition) is 1. The van der Waals surface area contributed by atoms with Gasteiger partial charge in [-0.05, 0) is 42.8 Å². The number of aromatic nitrogens is 1. The average molecular weight is 442 g/mol. The minimum Gasteiger partial charge on any atom is -0.462 e. The summed E-state index contributed by atoms with van der Waals surface area (Å²) in [6, 6.07) is 12.2. The van der Waals surface area contributed by atoms with E-state index in [1.54, 1.807) is 31.2 Å². The van der Waals surface area contributed by atoms with Gasteiger partial charge in [-0.1, -0.05) is 28.9 Å². The number of non-ortho nitro benzene ring substituents is 1. The molecule has 1 heterocycles. The van der Waals surface area contributed by atoms with Gasteiger partial charge < -0.3 is 9.26 Å². The lowest BCUT2D eigenvalue weighted by atomic mass is 10.1. The maximum absolute atomic E-state index is 12.5. The van der Waals surface area contributed by atoms with E-state index in [0.29, 0.717) is 16.1 Å². The molecule has 0 atom stereocenters. The first kappa shape index (κ1) is 21.7. The van der Waals surface area contributed by atoms with Crippen molar-refractivity contribution in [3.8, 4) is 11.3 Å². The summed E-state index contributed by atoms with van der Waals surface area (Å²) in [6.45, 7) is 1.77. The number of anilines is 1. The topological polar surface area (TPSA) is 125 Å². The second-order valence-electron chi connectivity index (χ2n) is 6.13. The molecule has 3 rings (SSSR count). The van der Waals surface area contributed by atoms with Gasteiger partial charge in [0.15, 0.2) is 5.56 Å². The monoisotopic (exact) mass is 441 g/mol. The molecule has 0 aliphatic rings. The third-order valence-corrected chi connectivity index (χ3v) is 4.31. The van der Waals surface area contributed by atoms with Crippen molar-refractivity contribution in [2.24, 2.45) is 0 Å². The molecule has 0 aliphatic heterocycles. The number of ether oxygens (including phenoxy) is 1. The van der Waals surface area contributed by atoms with Crippen LogP contribution in [-0.2, 0) is 9.53 Å². The van der Waals surface area contributed by atoms with E-state index in [1.165, 1.54) is 36.4 Å². The fourth-order valence-electron chi connectivity index (χ4n) is 2.61. The third-order valence-electron chi connectivity index (χ3n) is 4.06. The Morgan fingerprint density at radius 2 is 1.87 bits per heavy atom. The number of amides is 1. The number of halogens is 1. The number of esters is 1. The molecule has 0 saturated carbocycles. The molecule has 31 heavy (non-hydrogen) atoms. The average Bonchev–Trinajstić information content (AvgIpc) is 3.16. The molecule has 0 fully saturated rings. The largest absolute Gasteiger partial charge is 0.462 e. The number of nitro benzene ring substituents is 1. The number of benzene rings is 2. The highest BCUT2D eigenvalue weighted by molar-refractivity contribution is 6.30. The molecular weight excluding hydrogens is 426 g/mol. The van der Waals surface area contributed by atoms with Gasteiger partial charge in [0.25, 0.3) is 11.6 Å². The molecule has 3 aromatic rings. The van der Waals surface area contributed by atoms with E-state index in [0.717, 1.165) is 0 Å². The summed E-state index contributed by atoms with van der Waals surface area (Å²) in [5.74, 6) is -1.46. The van der Waals surface area contributed by atoms with Crippen LogP contribution in [0.2, 0.25) is 5.02 Å². The zero-order valence-corrected chi connectivity index (χ0v) is 17.0. The first-order chi connectivity index (χ1) is 14.9. The zero-order chi connectivity index (χ0) is 22.4. The molecule has 10 heteroatoms. The zero-order valence-electron chi connectivity index (χ0n) is 16.2.